The van der Waals surface area contributed by atoms with Crippen LogP contribution in [0.4, 0.5) is 34.1 Å². The van der Waals surface area contributed by atoms with E-state index in [4.69, 9.17) is 4.11 Å². The molecule has 16 aromatic rings. The van der Waals surface area contributed by atoms with Crippen LogP contribution in [-0.2, 0) is 10.8 Å². The molecule has 0 amide bonds. The molecule has 0 atom stereocenters. The number of hydrogen-bond donors (Lipinski definition) is 0. The van der Waals surface area contributed by atoms with E-state index >= 15 is 0 Å². The fraction of sp³-hybridized carbons (Fsp3) is 0.0860. The van der Waals surface area contributed by atoms with Crippen LogP contribution in [0.25, 0.3) is 111 Å². The van der Waals surface area contributed by atoms with Gasteiger partial charge < -0.3 is 18.9 Å². The Morgan fingerprint density at radius 2 is 0.788 bits per heavy atom. The minimum absolute atomic E-state index is 0.0197. The minimum Gasteiger partial charge on any atom is -0.311 e. The van der Waals surface area contributed by atoms with E-state index in [0.29, 0.717) is 50.9 Å². The predicted octanol–water partition coefficient (Wildman–Crippen LogP) is 22.8. The molecule has 0 aliphatic carbocycles. The van der Waals surface area contributed by atoms with Gasteiger partial charge >= 0.3 is 0 Å². The van der Waals surface area contributed by atoms with Gasteiger partial charge in [0, 0.05) is 55.7 Å². The van der Waals surface area contributed by atoms with Crippen molar-refractivity contribution in [3.8, 4) is 73.1 Å². The van der Waals surface area contributed by atoms with Gasteiger partial charge in [-0.05, 0) is 179 Å². The first kappa shape index (κ1) is 46.9. The maximum Gasteiger partial charge on any atom is 0.252 e. The number of benzene rings is 14. The van der Waals surface area contributed by atoms with E-state index in [9.17, 15) is 19.0 Å². The second-order valence-corrected chi connectivity index (χ2v) is 27.9. The van der Waals surface area contributed by atoms with E-state index < -0.39 is 85.3 Å². The molecule has 0 spiro atoms. The fourth-order valence-electron chi connectivity index (χ4n) is 15.0. The van der Waals surface area contributed by atoms with Crippen molar-refractivity contribution in [2.24, 2.45) is 0 Å². The molecular weight excluding hydrogens is 1200 g/mol. The molecule has 18 rings (SSSR count). The summed E-state index contributed by atoms with van der Waals surface area (Å²) in [4.78, 5) is 4.31. The maximum atomic E-state index is 11.7. The first-order valence-electron chi connectivity index (χ1n) is 39.9. The van der Waals surface area contributed by atoms with Crippen LogP contribution in [0.3, 0.4) is 0 Å². The molecular formula is C93H70BN5. The minimum atomic E-state index is -0.712. The number of para-hydroxylation sites is 3. The van der Waals surface area contributed by atoms with Crippen LogP contribution < -0.4 is 26.2 Å². The Hall–Kier alpha value is -12.2. The van der Waals surface area contributed by atoms with Crippen molar-refractivity contribution < 1.29 is 17.8 Å². The second kappa shape index (κ2) is 23.0. The van der Waals surface area contributed by atoms with E-state index in [0.717, 1.165) is 93.8 Å². The number of rotatable bonds is 9. The van der Waals surface area contributed by atoms with E-state index in [1.807, 2.05) is 133 Å². The lowest BCUT2D eigenvalue weighted by Gasteiger charge is -2.45. The zero-order valence-electron chi connectivity index (χ0n) is 68.3. The van der Waals surface area contributed by atoms with Crippen LogP contribution in [0.2, 0.25) is 0 Å². The summed E-state index contributed by atoms with van der Waals surface area (Å²) in [5.74, 6) is 0. The van der Waals surface area contributed by atoms with E-state index in [1.165, 1.54) is 0 Å². The molecule has 14 aromatic carbocycles. The summed E-state index contributed by atoms with van der Waals surface area (Å²) in [6, 6.07) is 75.8. The Balaban J connectivity index is 1.04. The maximum absolute atomic E-state index is 11.7. The SMILES string of the molecule is [2H]c1c([2H])c([2H])c(-c2ccc3c(c2)N(c2cc(-c4ccccc4)cc(-c4ccccc4)c2)c2cc(-n4c5c([2H])c([2H])c([2H])c([2H])c5c5c([2H])c([2H])c([2H])c([2H])c54)cc4c2B3c2ccc(-c3cc(C(C)(C)C)cc(C(C)(C)C)c3)cc2N4c2ccc(C#N)c(-n3c4ccccc4c4ccc(-c5ccccc5)cc43)c2)c([2H])c1[2H]. The molecule has 0 unspecified atom stereocenters. The third-order valence-corrected chi connectivity index (χ3v) is 19.9. The highest BCUT2D eigenvalue weighted by Gasteiger charge is 2.45. The van der Waals surface area contributed by atoms with Crippen molar-refractivity contribution >= 4 is 101 Å². The largest absolute Gasteiger partial charge is 0.311 e. The Kier molecular flexibility index (Phi) is 10.9. The number of nitrogens with zero attached hydrogens (tertiary/aromatic N) is 5. The van der Waals surface area contributed by atoms with Crippen LogP contribution in [0, 0.1) is 11.3 Å². The molecule has 4 heterocycles. The summed E-state index contributed by atoms with van der Waals surface area (Å²) in [6.45, 7) is 12.6. The molecule has 0 bridgehead atoms. The fourth-order valence-corrected chi connectivity index (χ4v) is 15.0. The second-order valence-electron chi connectivity index (χ2n) is 27.9. The van der Waals surface area contributed by atoms with Gasteiger partial charge in [0.05, 0.1) is 56.8 Å². The van der Waals surface area contributed by atoms with Gasteiger partial charge in [-0.3, -0.25) is 0 Å². The smallest absolute Gasteiger partial charge is 0.252 e. The molecule has 470 valence electrons. The number of anilines is 6. The molecule has 0 radical (unpaired) electrons. The highest BCUT2D eigenvalue weighted by atomic mass is 15.2. The average Bonchev–Trinajstić information content (AvgIpc) is 0.966. The van der Waals surface area contributed by atoms with Gasteiger partial charge in [0.15, 0.2) is 0 Å². The predicted molar refractivity (Wildman–Crippen MR) is 418 cm³/mol. The van der Waals surface area contributed by atoms with Crippen molar-refractivity contribution in [1.29, 1.82) is 5.26 Å². The summed E-state index contributed by atoms with van der Waals surface area (Å²) in [7, 11) is 0. The van der Waals surface area contributed by atoms with Gasteiger partial charge in [0.1, 0.15) is 6.07 Å². The molecule has 2 aromatic heterocycles. The number of nitriles is 1. The molecule has 6 heteroatoms. The lowest BCUT2D eigenvalue weighted by Crippen LogP contribution is -2.61. The molecule has 0 N–H and O–H groups in total. The monoisotopic (exact) mass is 1280 g/mol. The molecule has 5 nitrogen and oxygen atoms in total. The molecule has 0 saturated heterocycles. The molecule has 99 heavy (non-hydrogen) atoms. The third-order valence-electron chi connectivity index (χ3n) is 19.9. The Labute approximate surface area is 597 Å². The van der Waals surface area contributed by atoms with Gasteiger partial charge in [-0.15, -0.1) is 0 Å². The molecule has 2 aliphatic heterocycles. The Morgan fingerprint density at radius 3 is 1.36 bits per heavy atom. The number of hydrogen-bond acceptors (Lipinski definition) is 3. The van der Waals surface area contributed by atoms with Gasteiger partial charge in [-0.1, -0.05) is 272 Å². The standard InChI is InChI=1S/C93H70BN5/c1-92(2,3)71-48-70(49-72(55-71)93(4,5)6)66-42-46-80-87(54-66)96(73-43-39-67(59-95)85(56-73)99-84-38-24-21-35-78(84)79-44-40-64(52-86(79)99)60-25-11-7-12-26-60)89-57-75(97-82-36-22-19-33-76(82)77-34-20-23-37-83(77)97)58-90-91(89)94(80)81-45-41-65(61-27-13-8-14-28-61)53-88(81)98(90)74-50-68(62-29-15-9-16-30-62)47-69(51-74)63-31-17-10-18-32-63/h7-58H,1-6H3/i8D,13D,14D,19D,20D,22D,23D,27D,28D,33D,34D,36D,37D. The summed E-state index contributed by atoms with van der Waals surface area (Å²) in [5.41, 5.74) is 17.9. The quantitative estimate of drug-likeness (QED) is 0.135. The van der Waals surface area contributed by atoms with Crippen LogP contribution in [0.1, 0.15) is 76.1 Å². The van der Waals surface area contributed by atoms with Gasteiger partial charge in [-0.25, -0.2) is 0 Å². The summed E-state index contributed by atoms with van der Waals surface area (Å²) in [6.07, 6.45) is 0. The van der Waals surface area contributed by atoms with Crippen molar-refractivity contribution in [1.82, 2.24) is 9.13 Å². The van der Waals surface area contributed by atoms with E-state index in [-0.39, 0.29) is 43.9 Å². The van der Waals surface area contributed by atoms with E-state index in [2.05, 4.69) is 165 Å². The lowest BCUT2D eigenvalue weighted by atomic mass is 9.33. The average molecular weight is 1280 g/mol. The van der Waals surface area contributed by atoms with Gasteiger partial charge in [0.2, 0.25) is 0 Å². The molecule has 0 saturated carbocycles. The summed E-state index contributed by atoms with van der Waals surface area (Å²) < 4.78 is 126. The third kappa shape index (κ3) is 9.90. The first-order valence-corrected chi connectivity index (χ1v) is 33.4. The summed E-state index contributed by atoms with van der Waals surface area (Å²) >= 11 is 0. The van der Waals surface area contributed by atoms with Crippen LogP contribution in [-0.4, -0.2) is 15.8 Å². The normalized spacial score (nSPS) is 14.5. The van der Waals surface area contributed by atoms with Crippen molar-refractivity contribution in [3.05, 3.63) is 332 Å². The van der Waals surface area contributed by atoms with E-state index in [1.54, 1.807) is 4.57 Å². The number of fused-ring (bicyclic) bond motifs is 10. The first-order chi connectivity index (χ1) is 53.7. The topological polar surface area (TPSA) is 40.1 Å². The molecule has 0 fully saturated rings. The highest BCUT2D eigenvalue weighted by molar-refractivity contribution is 7.00. The van der Waals surface area contributed by atoms with Crippen molar-refractivity contribution in [3.63, 3.8) is 0 Å². The number of aromatic nitrogens is 2. The lowest BCUT2D eigenvalue weighted by molar-refractivity contribution is 0.569. The zero-order chi connectivity index (χ0) is 78.2. The van der Waals surface area contributed by atoms with Crippen molar-refractivity contribution in [2.45, 2.75) is 52.4 Å². The van der Waals surface area contributed by atoms with Gasteiger partial charge in [-0.2, -0.15) is 5.26 Å². The zero-order valence-corrected chi connectivity index (χ0v) is 55.3. The Bertz CT molecular complexity index is 6600. The summed E-state index contributed by atoms with van der Waals surface area (Å²) in [5, 5.41) is 13.4. The highest BCUT2D eigenvalue weighted by Crippen LogP contribution is 2.50. The van der Waals surface area contributed by atoms with Crippen LogP contribution >= 0.6 is 0 Å². The van der Waals surface area contributed by atoms with Crippen LogP contribution in [0.5, 0.6) is 0 Å². The Morgan fingerprint density at radius 1 is 0.313 bits per heavy atom. The van der Waals surface area contributed by atoms with Gasteiger partial charge in [0.25, 0.3) is 6.71 Å². The van der Waals surface area contributed by atoms with Crippen molar-refractivity contribution in [2.75, 3.05) is 9.80 Å². The van der Waals surface area contributed by atoms with Crippen LogP contribution in [0.15, 0.2) is 315 Å². The molecule has 2 aliphatic rings.